The Hall–Kier alpha value is -3.22. The molecular formula is C20H18FN5O. The third-order valence-corrected chi connectivity index (χ3v) is 5.30. The maximum atomic E-state index is 14.0. The number of hydrogen-bond acceptors (Lipinski definition) is 4. The van der Waals surface area contributed by atoms with Crippen LogP contribution in [0.3, 0.4) is 0 Å². The zero-order valence-corrected chi connectivity index (χ0v) is 14.7. The lowest BCUT2D eigenvalue weighted by atomic mass is 10.0. The van der Waals surface area contributed by atoms with E-state index in [9.17, 15) is 9.18 Å². The summed E-state index contributed by atoms with van der Waals surface area (Å²) in [6.07, 6.45) is 7.44. The van der Waals surface area contributed by atoms with Crippen LogP contribution in [0.1, 0.15) is 19.8 Å². The fourth-order valence-electron chi connectivity index (χ4n) is 3.65. The van der Waals surface area contributed by atoms with Crippen molar-refractivity contribution in [3.8, 4) is 11.1 Å². The van der Waals surface area contributed by atoms with Gasteiger partial charge in [-0.05, 0) is 43.9 Å². The van der Waals surface area contributed by atoms with E-state index in [1.807, 2.05) is 0 Å². The standard InChI is InChI=1S/C20H18FN5O/c1-10(11-2-3-11)25-19-14-5-4-13(21)6-15(14)17-18(26-19)16(9-22-20(17)27)12-7-23-24-8-12/h4-11H,2-3H2,1H3,(H,22,27)(H,23,24)(H,25,26). The third-order valence-electron chi connectivity index (χ3n) is 5.30. The number of H-pyrrole nitrogens is 2. The molecule has 5 rings (SSSR count). The zero-order chi connectivity index (χ0) is 18.5. The minimum atomic E-state index is -0.385. The average molecular weight is 363 g/mol. The van der Waals surface area contributed by atoms with Gasteiger partial charge in [0.25, 0.3) is 5.56 Å². The van der Waals surface area contributed by atoms with Crippen LogP contribution in [0.15, 0.2) is 41.6 Å². The van der Waals surface area contributed by atoms with Gasteiger partial charge in [-0.2, -0.15) is 5.10 Å². The van der Waals surface area contributed by atoms with Crippen LogP contribution >= 0.6 is 0 Å². The molecule has 0 saturated heterocycles. The number of anilines is 1. The molecule has 136 valence electrons. The van der Waals surface area contributed by atoms with E-state index < -0.39 is 0 Å². The molecule has 1 aromatic carbocycles. The average Bonchev–Trinajstić information content (AvgIpc) is 3.37. The van der Waals surface area contributed by atoms with Gasteiger partial charge < -0.3 is 10.3 Å². The lowest BCUT2D eigenvalue weighted by Gasteiger charge is -2.17. The summed E-state index contributed by atoms with van der Waals surface area (Å²) in [6, 6.07) is 4.75. The minimum absolute atomic E-state index is 0.266. The van der Waals surface area contributed by atoms with Crippen molar-refractivity contribution in [1.82, 2.24) is 20.2 Å². The number of benzene rings is 1. The monoisotopic (exact) mass is 363 g/mol. The molecule has 1 aliphatic rings. The van der Waals surface area contributed by atoms with Gasteiger partial charge in [0.1, 0.15) is 11.6 Å². The highest BCUT2D eigenvalue weighted by atomic mass is 19.1. The Morgan fingerprint density at radius 2 is 2.11 bits per heavy atom. The summed E-state index contributed by atoms with van der Waals surface area (Å²) < 4.78 is 14.0. The van der Waals surface area contributed by atoms with Gasteiger partial charge in [0.15, 0.2) is 0 Å². The molecule has 3 N–H and O–H groups in total. The largest absolute Gasteiger partial charge is 0.367 e. The van der Waals surface area contributed by atoms with E-state index in [1.54, 1.807) is 24.7 Å². The summed E-state index contributed by atoms with van der Waals surface area (Å²) in [5.41, 5.74) is 1.79. The zero-order valence-electron chi connectivity index (χ0n) is 14.7. The van der Waals surface area contributed by atoms with Crippen LogP contribution in [0.25, 0.3) is 32.8 Å². The summed E-state index contributed by atoms with van der Waals surface area (Å²) in [5.74, 6) is 0.919. The fraction of sp³-hybridized carbons (Fsp3) is 0.250. The van der Waals surface area contributed by atoms with Crippen molar-refractivity contribution in [2.24, 2.45) is 5.92 Å². The number of rotatable bonds is 4. The van der Waals surface area contributed by atoms with Crippen LogP contribution in [-0.4, -0.2) is 26.2 Å². The van der Waals surface area contributed by atoms with Crippen LogP contribution in [-0.2, 0) is 0 Å². The van der Waals surface area contributed by atoms with Crippen LogP contribution < -0.4 is 10.9 Å². The van der Waals surface area contributed by atoms with Gasteiger partial charge in [0.2, 0.25) is 0 Å². The van der Waals surface area contributed by atoms with Gasteiger partial charge in [-0.15, -0.1) is 0 Å². The second-order valence-electron chi connectivity index (χ2n) is 7.16. The van der Waals surface area contributed by atoms with Gasteiger partial charge in [0.05, 0.1) is 17.1 Å². The van der Waals surface area contributed by atoms with Crippen LogP contribution in [0.2, 0.25) is 0 Å². The number of fused-ring (bicyclic) bond motifs is 3. The van der Waals surface area contributed by atoms with E-state index in [4.69, 9.17) is 4.98 Å². The highest BCUT2D eigenvalue weighted by Crippen LogP contribution is 2.37. The molecule has 0 aliphatic heterocycles. The van der Waals surface area contributed by atoms with Crippen molar-refractivity contribution in [1.29, 1.82) is 0 Å². The van der Waals surface area contributed by atoms with Crippen LogP contribution in [0.4, 0.5) is 10.2 Å². The van der Waals surface area contributed by atoms with Gasteiger partial charge in [0, 0.05) is 40.3 Å². The Bertz CT molecular complexity index is 1210. The van der Waals surface area contributed by atoms with Crippen molar-refractivity contribution in [2.75, 3.05) is 5.32 Å². The molecule has 0 amide bonds. The van der Waals surface area contributed by atoms with Crippen LogP contribution in [0, 0.1) is 11.7 Å². The second-order valence-corrected chi connectivity index (χ2v) is 7.16. The molecule has 6 nitrogen and oxygen atoms in total. The van der Waals surface area contributed by atoms with Gasteiger partial charge in [-0.1, -0.05) is 0 Å². The Labute approximate surface area is 153 Å². The number of hydrogen-bond donors (Lipinski definition) is 3. The van der Waals surface area contributed by atoms with E-state index in [0.717, 1.165) is 16.5 Å². The molecule has 27 heavy (non-hydrogen) atoms. The highest BCUT2D eigenvalue weighted by molar-refractivity contribution is 6.12. The predicted octanol–water partition coefficient (Wildman–Crippen LogP) is 3.82. The summed E-state index contributed by atoms with van der Waals surface area (Å²) in [4.78, 5) is 20.2. The molecule has 0 spiro atoms. The minimum Gasteiger partial charge on any atom is -0.367 e. The predicted molar refractivity (Wildman–Crippen MR) is 103 cm³/mol. The molecule has 3 aromatic heterocycles. The Balaban J connectivity index is 1.85. The SMILES string of the molecule is CC(Nc1nc2c(-c3cn[nH]c3)c[nH]c(=O)c2c2cc(F)ccc12)C1CC1. The number of aromatic nitrogens is 4. The molecular weight excluding hydrogens is 345 g/mol. The molecule has 4 aromatic rings. The lowest BCUT2D eigenvalue weighted by molar-refractivity contribution is 0.630. The van der Waals surface area contributed by atoms with Crippen molar-refractivity contribution < 1.29 is 4.39 Å². The normalized spacial score (nSPS) is 15.3. The van der Waals surface area contributed by atoms with Crippen molar-refractivity contribution >= 4 is 27.5 Å². The molecule has 1 aliphatic carbocycles. The first-order valence-corrected chi connectivity index (χ1v) is 9.02. The summed E-state index contributed by atoms with van der Waals surface area (Å²) in [5, 5.41) is 11.9. The number of aromatic amines is 2. The summed E-state index contributed by atoms with van der Waals surface area (Å²) in [7, 11) is 0. The van der Waals surface area contributed by atoms with Gasteiger partial charge in [-0.25, -0.2) is 9.37 Å². The topological polar surface area (TPSA) is 86.5 Å². The van der Waals surface area contributed by atoms with Gasteiger partial charge in [-0.3, -0.25) is 9.89 Å². The molecule has 0 bridgehead atoms. The Morgan fingerprint density at radius 1 is 1.26 bits per heavy atom. The fourth-order valence-corrected chi connectivity index (χ4v) is 3.65. The third kappa shape index (κ3) is 2.66. The lowest BCUT2D eigenvalue weighted by Crippen LogP contribution is -2.19. The quantitative estimate of drug-likeness (QED) is 0.481. The molecule has 1 atom stereocenters. The van der Waals surface area contributed by atoms with Gasteiger partial charge >= 0.3 is 0 Å². The summed E-state index contributed by atoms with van der Waals surface area (Å²) in [6.45, 7) is 2.13. The molecule has 0 radical (unpaired) electrons. The molecule has 3 heterocycles. The Morgan fingerprint density at radius 3 is 2.85 bits per heavy atom. The summed E-state index contributed by atoms with van der Waals surface area (Å²) >= 11 is 0. The van der Waals surface area contributed by atoms with E-state index >= 15 is 0 Å². The number of pyridine rings is 2. The smallest absolute Gasteiger partial charge is 0.258 e. The molecule has 1 unspecified atom stereocenters. The van der Waals surface area contributed by atoms with Crippen LogP contribution in [0.5, 0.6) is 0 Å². The van der Waals surface area contributed by atoms with E-state index in [1.165, 1.54) is 25.0 Å². The first-order chi connectivity index (χ1) is 13.1. The van der Waals surface area contributed by atoms with E-state index in [2.05, 4.69) is 27.4 Å². The van der Waals surface area contributed by atoms with Crippen molar-refractivity contribution in [3.05, 3.63) is 53.0 Å². The van der Waals surface area contributed by atoms with Crippen molar-refractivity contribution in [3.63, 3.8) is 0 Å². The molecule has 1 fully saturated rings. The first kappa shape index (κ1) is 16.0. The molecule has 1 saturated carbocycles. The van der Waals surface area contributed by atoms with E-state index in [-0.39, 0.29) is 17.4 Å². The van der Waals surface area contributed by atoms with Crippen molar-refractivity contribution in [2.45, 2.75) is 25.8 Å². The second kappa shape index (κ2) is 5.90. The number of halogens is 1. The molecule has 7 heteroatoms. The maximum Gasteiger partial charge on any atom is 0.258 e. The highest BCUT2D eigenvalue weighted by Gasteiger charge is 2.28. The first-order valence-electron chi connectivity index (χ1n) is 9.02. The number of nitrogens with one attached hydrogen (secondary N) is 3. The number of nitrogens with zero attached hydrogens (tertiary/aromatic N) is 2. The maximum absolute atomic E-state index is 14.0. The Kier molecular flexibility index (Phi) is 3.50. The van der Waals surface area contributed by atoms with E-state index in [0.29, 0.717) is 28.0 Å².